The number of carboxylic acid groups (broad SMARTS) is 1. The molecule has 3 nitrogen and oxygen atoms in total. The van der Waals surface area contributed by atoms with Crippen molar-refractivity contribution in [2.45, 2.75) is 55.8 Å². The van der Waals surface area contributed by atoms with Crippen molar-refractivity contribution >= 4 is 40.9 Å². The highest BCUT2D eigenvalue weighted by Gasteiger charge is 2.35. The molecule has 0 amide bonds. The monoisotopic (exact) mass is 349 g/mol. The van der Waals surface area contributed by atoms with E-state index in [2.05, 4.69) is 5.32 Å². The van der Waals surface area contributed by atoms with Crippen molar-refractivity contribution in [2.24, 2.45) is 0 Å². The Morgan fingerprint density at radius 2 is 2.00 bits per heavy atom. The molecule has 1 aromatic rings. The van der Waals surface area contributed by atoms with Crippen LogP contribution in [0.2, 0.25) is 10.0 Å². The summed E-state index contributed by atoms with van der Waals surface area (Å²) in [6.07, 6.45) is 0.480. The number of carbonyl (C=O) groups is 1. The van der Waals surface area contributed by atoms with Crippen LogP contribution >= 0.6 is 35.0 Å². The molecule has 0 heterocycles. The highest BCUT2D eigenvalue weighted by Crippen LogP contribution is 2.35. The van der Waals surface area contributed by atoms with E-state index in [-0.39, 0.29) is 11.3 Å². The molecule has 0 aromatic heterocycles. The predicted octanol–water partition coefficient (Wildman–Crippen LogP) is 4.71. The van der Waals surface area contributed by atoms with Crippen LogP contribution in [0.15, 0.2) is 23.1 Å². The van der Waals surface area contributed by atoms with Crippen molar-refractivity contribution < 1.29 is 9.90 Å². The first-order chi connectivity index (χ1) is 9.64. The summed E-state index contributed by atoms with van der Waals surface area (Å²) in [4.78, 5) is 12.4. The number of halogens is 2. The van der Waals surface area contributed by atoms with Gasteiger partial charge in [-0.2, -0.15) is 0 Å². The summed E-state index contributed by atoms with van der Waals surface area (Å²) in [5, 5.41) is 13.9. The average molecular weight is 350 g/mol. The number of aliphatic carboxylic acids is 1. The number of rotatable bonds is 7. The van der Waals surface area contributed by atoms with Crippen molar-refractivity contribution in [3.05, 3.63) is 28.2 Å². The average Bonchev–Trinajstić information content (AvgIpc) is 2.32. The van der Waals surface area contributed by atoms with Crippen LogP contribution in [0.25, 0.3) is 0 Å². The zero-order valence-corrected chi connectivity index (χ0v) is 14.9. The van der Waals surface area contributed by atoms with Gasteiger partial charge in [0.05, 0.1) is 5.02 Å². The molecule has 0 aliphatic heterocycles. The second kappa shape index (κ2) is 7.73. The van der Waals surface area contributed by atoms with Crippen LogP contribution in [0.3, 0.4) is 0 Å². The second-order valence-corrected chi connectivity index (χ2v) is 7.97. The standard InChI is InChI=1S/C15H21Cl2NO2S/c1-9(2)18-15(4,14(19)20)8-10(3)21-13-7-11(16)5-6-12(13)17/h5-7,9-10,18H,8H2,1-4H3,(H,19,20). The van der Waals surface area contributed by atoms with Crippen molar-refractivity contribution in [3.63, 3.8) is 0 Å². The van der Waals surface area contributed by atoms with Gasteiger partial charge in [0.15, 0.2) is 0 Å². The smallest absolute Gasteiger partial charge is 0.323 e. The molecule has 0 bridgehead atoms. The maximum absolute atomic E-state index is 11.5. The molecule has 2 unspecified atom stereocenters. The third-order valence-electron chi connectivity index (χ3n) is 3.00. The molecular weight excluding hydrogens is 329 g/mol. The number of benzene rings is 1. The Morgan fingerprint density at radius 3 is 2.52 bits per heavy atom. The van der Waals surface area contributed by atoms with Crippen molar-refractivity contribution in [3.8, 4) is 0 Å². The molecule has 1 rings (SSSR count). The summed E-state index contributed by atoms with van der Waals surface area (Å²) in [5.41, 5.74) is -0.967. The molecular formula is C15H21Cl2NO2S. The fourth-order valence-electron chi connectivity index (χ4n) is 2.25. The number of hydrogen-bond acceptors (Lipinski definition) is 3. The summed E-state index contributed by atoms with van der Waals surface area (Å²) in [7, 11) is 0. The van der Waals surface area contributed by atoms with Gasteiger partial charge in [-0.25, -0.2) is 0 Å². The Bertz CT molecular complexity index is 510. The fraction of sp³-hybridized carbons (Fsp3) is 0.533. The van der Waals surface area contributed by atoms with Crippen molar-refractivity contribution in [1.29, 1.82) is 0 Å². The quantitative estimate of drug-likeness (QED) is 0.700. The van der Waals surface area contributed by atoms with Gasteiger partial charge in [0.25, 0.3) is 0 Å². The highest BCUT2D eigenvalue weighted by molar-refractivity contribution is 8.00. The second-order valence-electron chi connectivity index (χ2n) is 5.64. The molecule has 0 aliphatic carbocycles. The van der Waals surface area contributed by atoms with Gasteiger partial charge in [-0.15, -0.1) is 11.8 Å². The van der Waals surface area contributed by atoms with Crippen LogP contribution in [-0.2, 0) is 4.79 Å². The van der Waals surface area contributed by atoms with Crippen LogP contribution in [0.1, 0.15) is 34.1 Å². The lowest BCUT2D eigenvalue weighted by atomic mass is 9.95. The molecule has 118 valence electrons. The zero-order valence-electron chi connectivity index (χ0n) is 12.6. The fourth-order valence-corrected chi connectivity index (χ4v) is 3.96. The Balaban J connectivity index is 2.81. The molecule has 21 heavy (non-hydrogen) atoms. The zero-order chi connectivity index (χ0) is 16.2. The molecule has 0 fully saturated rings. The molecule has 1 aromatic carbocycles. The Kier molecular flexibility index (Phi) is 6.85. The lowest BCUT2D eigenvalue weighted by Gasteiger charge is -2.31. The van der Waals surface area contributed by atoms with E-state index in [4.69, 9.17) is 23.2 Å². The molecule has 0 radical (unpaired) electrons. The Hall–Kier alpha value is -0.420. The van der Waals surface area contributed by atoms with E-state index in [0.717, 1.165) is 4.90 Å². The predicted molar refractivity (Wildman–Crippen MR) is 90.7 cm³/mol. The minimum absolute atomic E-state index is 0.0771. The van der Waals surface area contributed by atoms with Gasteiger partial charge in [-0.05, 0) is 45.4 Å². The molecule has 0 aliphatic rings. The Morgan fingerprint density at radius 1 is 1.38 bits per heavy atom. The normalized spacial score (nSPS) is 15.8. The SMILES string of the molecule is CC(C)NC(C)(CC(C)Sc1cc(Cl)ccc1Cl)C(=O)O. The van der Waals surface area contributed by atoms with E-state index in [9.17, 15) is 9.90 Å². The largest absolute Gasteiger partial charge is 0.480 e. The summed E-state index contributed by atoms with van der Waals surface area (Å²) >= 11 is 13.7. The van der Waals surface area contributed by atoms with E-state index < -0.39 is 11.5 Å². The number of thioether (sulfide) groups is 1. The summed E-state index contributed by atoms with van der Waals surface area (Å²) < 4.78 is 0. The van der Waals surface area contributed by atoms with E-state index >= 15 is 0 Å². The lowest BCUT2D eigenvalue weighted by molar-refractivity contribution is -0.144. The van der Waals surface area contributed by atoms with Gasteiger partial charge in [0.1, 0.15) is 5.54 Å². The molecule has 2 atom stereocenters. The summed E-state index contributed by atoms with van der Waals surface area (Å²) in [6.45, 7) is 7.58. The first-order valence-electron chi connectivity index (χ1n) is 6.77. The molecule has 0 spiro atoms. The van der Waals surface area contributed by atoms with Gasteiger partial charge in [0.2, 0.25) is 0 Å². The Labute approximate surface area is 140 Å². The molecule has 6 heteroatoms. The summed E-state index contributed by atoms with van der Waals surface area (Å²) in [5.74, 6) is -0.846. The van der Waals surface area contributed by atoms with Gasteiger partial charge < -0.3 is 5.11 Å². The molecule has 0 saturated carbocycles. The van der Waals surface area contributed by atoms with Crippen molar-refractivity contribution in [1.82, 2.24) is 5.32 Å². The molecule has 0 saturated heterocycles. The first-order valence-corrected chi connectivity index (χ1v) is 8.40. The number of carboxylic acids is 1. The van der Waals surface area contributed by atoms with Crippen LogP contribution in [0, 0.1) is 0 Å². The van der Waals surface area contributed by atoms with Gasteiger partial charge in [-0.1, -0.05) is 30.1 Å². The van der Waals surface area contributed by atoms with Gasteiger partial charge in [-0.3, -0.25) is 10.1 Å². The van der Waals surface area contributed by atoms with Gasteiger partial charge in [0, 0.05) is 21.2 Å². The number of nitrogens with one attached hydrogen (secondary N) is 1. The maximum Gasteiger partial charge on any atom is 0.323 e. The van der Waals surface area contributed by atoms with E-state index in [1.807, 2.05) is 20.8 Å². The minimum atomic E-state index is -0.967. The van der Waals surface area contributed by atoms with Gasteiger partial charge >= 0.3 is 5.97 Å². The van der Waals surface area contributed by atoms with Crippen LogP contribution < -0.4 is 5.32 Å². The first kappa shape index (κ1) is 18.6. The van der Waals surface area contributed by atoms with Crippen LogP contribution in [0.5, 0.6) is 0 Å². The number of hydrogen-bond donors (Lipinski definition) is 2. The molecule has 2 N–H and O–H groups in total. The van der Waals surface area contributed by atoms with E-state index in [0.29, 0.717) is 16.5 Å². The third kappa shape index (κ3) is 5.70. The topological polar surface area (TPSA) is 49.3 Å². The lowest BCUT2D eigenvalue weighted by Crippen LogP contribution is -2.53. The van der Waals surface area contributed by atoms with E-state index in [1.54, 1.807) is 25.1 Å². The third-order valence-corrected chi connectivity index (χ3v) is 4.83. The highest BCUT2D eigenvalue weighted by atomic mass is 35.5. The maximum atomic E-state index is 11.5. The van der Waals surface area contributed by atoms with Crippen LogP contribution in [0.4, 0.5) is 0 Å². The minimum Gasteiger partial charge on any atom is -0.480 e. The van der Waals surface area contributed by atoms with Crippen molar-refractivity contribution in [2.75, 3.05) is 0 Å². The van der Waals surface area contributed by atoms with Crippen LogP contribution in [-0.4, -0.2) is 27.9 Å². The van der Waals surface area contributed by atoms with E-state index in [1.165, 1.54) is 11.8 Å². The summed E-state index contributed by atoms with van der Waals surface area (Å²) in [6, 6.07) is 5.39.